The maximum atomic E-state index is 5.90. The van der Waals surface area contributed by atoms with Crippen LogP contribution in [0.3, 0.4) is 0 Å². The van der Waals surface area contributed by atoms with Gasteiger partial charge in [-0.05, 0) is 43.5 Å². The Morgan fingerprint density at radius 1 is 1.50 bits per heavy atom. The van der Waals surface area contributed by atoms with Crippen LogP contribution in [0.4, 0.5) is 0 Å². The highest BCUT2D eigenvalue weighted by Crippen LogP contribution is 2.23. The molecule has 78 valence electrons. The molecule has 14 heavy (non-hydrogen) atoms. The Balaban J connectivity index is 2.77. The van der Waals surface area contributed by atoms with Crippen molar-refractivity contribution in [2.45, 2.75) is 25.8 Å². The third kappa shape index (κ3) is 3.20. The van der Waals surface area contributed by atoms with E-state index in [1.165, 1.54) is 0 Å². The Morgan fingerprint density at radius 2 is 2.21 bits per heavy atom. The number of hydrogen-bond acceptors (Lipinski definition) is 2. The molecule has 1 atom stereocenters. The van der Waals surface area contributed by atoms with Crippen LogP contribution in [0.5, 0.6) is 5.75 Å². The molecule has 2 nitrogen and oxygen atoms in total. The minimum absolute atomic E-state index is 0.207. The largest absolute Gasteiger partial charge is 0.496 e. The van der Waals surface area contributed by atoms with Crippen LogP contribution in [0.2, 0.25) is 5.02 Å². The molecule has 1 aromatic carbocycles. The van der Waals surface area contributed by atoms with E-state index in [2.05, 4.69) is 0 Å². The quantitative estimate of drug-likeness (QED) is 0.835. The van der Waals surface area contributed by atoms with Gasteiger partial charge in [0.2, 0.25) is 0 Å². The van der Waals surface area contributed by atoms with Crippen molar-refractivity contribution < 1.29 is 4.74 Å². The smallest absolute Gasteiger partial charge is 0.122 e. The topological polar surface area (TPSA) is 35.2 Å². The van der Waals surface area contributed by atoms with Crippen molar-refractivity contribution in [3.05, 3.63) is 28.8 Å². The van der Waals surface area contributed by atoms with Crippen LogP contribution in [-0.2, 0) is 6.42 Å². The Kier molecular flexibility index (Phi) is 4.23. The molecule has 1 rings (SSSR count). The number of rotatable bonds is 4. The van der Waals surface area contributed by atoms with Gasteiger partial charge < -0.3 is 10.5 Å². The number of ether oxygens (including phenoxy) is 1. The van der Waals surface area contributed by atoms with Gasteiger partial charge >= 0.3 is 0 Å². The molecule has 0 fully saturated rings. The average Bonchev–Trinajstić information content (AvgIpc) is 2.15. The van der Waals surface area contributed by atoms with E-state index >= 15 is 0 Å². The predicted octanol–water partition coefficient (Wildman–Crippen LogP) is 2.63. The molecule has 0 heterocycles. The van der Waals surface area contributed by atoms with Gasteiger partial charge in [-0.2, -0.15) is 0 Å². The number of methoxy groups -OCH3 is 1. The minimum Gasteiger partial charge on any atom is -0.496 e. The number of hydrogen-bond donors (Lipinski definition) is 1. The van der Waals surface area contributed by atoms with Gasteiger partial charge in [-0.1, -0.05) is 11.6 Å². The highest BCUT2D eigenvalue weighted by Gasteiger charge is 2.04. The van der Waals surface area contributed by atoms with Crippen LogP contribution in [-0.4, -0.2) is 13.2 Å². The Labute approximate surface area is 90.0 Å². The SMILES string of the molecule is COc1ccc(Cl)cc1CC[C@@H](C)N. The first-order valence-electron chi connectivity index (χ1n) is 4.71. The Morgan fingerprint density at radius 3 is 2.79 bits per heavy atom. The van der Waals surface area contributed by atoms with Crippen molar-refractivity contribution in [3.8, 4) is 5.75 Å². The van der Waals surface area contributed by atoms with Gasteiger partial charge in [0.1, 0.15) is 5.75 Å². The summed E-state index contributed by atoms with van der Waals surface area (Å²) in [5.74, 6) is 0.884. The van der Waals surface area contributed by atoms with E-state index in [1.807, 2.05) is 25.1 Å². The molecular weight excluding hydrogens is 198 g/mol. The molecule has 0 aliphatic rings. The van der Waals surface area contributed by atoms with Gasteiger partial charge in [-0.15, -0.1) is 0 Å². The van der Waals surface area contributed by atoms with Crippen molar-refractivity contribution in [1.29, 1.82) is 0 Å². The highest BCUT2D eigenvalue weighted by molar-refractivity contribution is 6.30. The van der Waals surface area contributed by atoms with E-state index in [9.17, 15) is 0 Å². The lowest BCUT2D eigenvalue weighted by atomic mass is 10.1. The lowest BCUT2D eigenvalue weighted by Crippen LogP contribution is -2.15. The summed E-state index contributed by atoms with van der Waals surface area (Å²) in [6.07, 6.45) is 1.85. The van der Waals surface area contributed by atoms with Crippen molar-refractivity contribution in [3.63, 3.8) is 0 Å². The lowest BCUT2D eigenvalue weighted by Gasteiger charge is -2.10. The van der Waals surface area contributed by atoms with Gasteiger partial charge in [0.25, 0.3) is 0 Å². The van der Waals surface area contributed by atoms with Crippen molar-refractivity contribution in [2.24, 2.45) is 5.73 Å². The molecule has 0 unspecified atom stereocenters. The second-order valence-electron chi connectivity index (χ2n) is 3.47. The first-order valence-corrected chi connectivity index (χ1v) is 5.09. The van der Waals surface area contributed by atoms with Gasteiger partial charge in [0.15, 0.2) is 0 Å². The normalized spacial score (nSPS) is 12.6. The summed E-state index contributed by atoms with van der Waals surface area (Å²) in [7, 11) is 1.67. The molecule has 2 N–H and O–H groups in total. The number of aryl methyl sites for hydroxylation is 1. The van der Waals surface area contributed by atoms with E-state index in [0.29, 0.717) is 0 Å². The van der Waals surface area contributed by atoms with E-state index in [1.54, 1.807) is 7.11 Å². The number of halogens is 1. The fraction of sp³-hybridized carbons (Fsp3) is 0.455. The molecule has 0 spiro atoms. The molecule has 0 amide bonds. The van der Waals surface area contributed by atoms with Crippen LogP contribution < -0.4 is 10.5 Å². The molecule has 0 bridgehead atoms. The van der Waals surface area contributed by atoms with Gasteiger partial charge in [0.05, 0.1) is 7.11 Å². The van der Waals surface area contributed by atoms with E-state index in [0.717, 1.165) is 29.2 Å². The monoisotopic (exact) mass is 213 g/mol. The fourth-order valence-corrected chi connectivity index (χ4v) is 1.52. The summed E-state index contributed by atoms with van der Waals surface area (Å²) < 4.78 is 5.23. The zero-order chi connectivity index (χ0) is 10.6. The molecule has 0 aromatic heterocycles. The molecule has 0 saturated carbocycles. The summed E-state index contributed by atoms with van der Waals surface area (Å²) in [6, 6.07) is 5.86. The second kappa shape index (κ2) is 5.23. The van der Waals surface area contributed by atoms with Crippen LogP contribution in [0.25, 0.3) is 0 Å². The minimum atomic E-state index is 0.207. The zero-order valence-electron chi connectivity index (χ0n) is 8.59. The van der Waals surface area contributed by atoms with Crippen LogP contribution >= 0.6 is 11.6 Å². The van der Waals surface area contributed by atoms with Crippen molar-refractivity contribution >= 4 is 11.6 Å². The number of nitrogens with two attached hydrogens (primary N) is 1. The van der Waals surface area contributed by atoms with E-state index in [4.69, 9.17) is 22.1 Å². The van der Waals surface area contributed by atoms with Crippen molar-refractivity contribution in [2.75, 3.05) is 7.11 Å². The Hall–Kier alpha value is -0.730. The number of benzene rings is 1. The van der Waals surface area contributed by atoms with Crippen LogP contribution in [0.1, 0.15) is 18.9 Å². The van der Waals surface area contributed by atoms with Crippen LogP contribution in [0, 0.1) is 0 Å². The summed E-state index contributed by atoms with van der Waals surface area (Å²) >= 11 is 5.90. The molecule has 1 aromatic rings. The Bertz CT molecular complexity index is 299. The molecule has 0 aliphatic carbocycles. The lowest BCUT2D eigenvalue weighted by molar-refractivity contribution is 0.408. The average molecular weight is 214 g/mol. The molecule has 0 saturated heterocycles. The zero-order valence-corrected chi connectivity index (χ0v) is 9.34. The summed E-state index contributed by atoms with van der Waals surface area (Å²) in [5, 5.41) is 0.741. The van der Waals surface area contributed by atoms with E-state index < -0.39 is 0 Å². The first kappa shape index (κ1) is 11.3. The molecule has 0 radical (unpaired) electrons. The maximum absolute atomic E-state index is 5.90. The van der Waals surface area contributed by atoms with Crippen LogP contribution in [0.15, 0.2) is 18.2 Å². The second-order valence-corrected chi connectivity index (χ2v) is 3.91. The van der Waals surface area contributed by atoms with Gasteiger partial charge in [0, 0.05) is 11.1 Å². The predicted molar refractivity (Wildman–Crippen MR) is 60.0 cm³/mol. The maximum Gasteiger partial charge on any atom is 0.122 e. The van der Waals surface area contributed by atoms with E-state index in [-0.39, 0.29) is 6.04 Å². The fourth-order valence-electron chi connectivity index (χ4n) is 1.33. The molecule has 3 heteroatoms. The third-order valence-corrected chi connectivity index (χ3v) is 2.35. The molecular formula is C11H16ClNO. The summed E-state index contributed by atoms with van der Waals surface area (Å²) in [4.78, 5) is 0. The van der Waals surface area contributed by atoms with Gasteiger partial charge in [-0.25, -0.2) is 0 Å². The summed E-state index contributed by atoms with van der Waals surface area (Å²) in [5.41, 5.74) is 6.82. The van der Waals surface area contributed by atoms with Crippen molar-refractivity contribution in [1.82, 2.24) is 0 Å². The standard InChI is InChI=1S/C11H16ClNO/c1-8(13)3-4-9-7-10(12)5-6-11(9)14-2/h5-8H,3-4,13H2,1-2H3/t8-/m1/s1. The first-order chi connectivity index (χ1) is 6.63. The molecule has 0 aliphatic heterocycles. The van der Waals surface area contributed by atoms with Gasteiger partial charge in [-0.3, -0.25) is 0 Å². The highest BCUT2D eigenvalue weighted by atomic mass is 35.5. The summed E-state index contributed by atoms with van der Waals surface area (Å²) in [6.45, 7) is 2.00. The third-order valence-electron chi connectivity index (χ3n) is 2.11.